The smallest absolute Gasteiger partial charge is 0.254 e. The van der Waals surface area contributed by atoms with Gasteiger partial charge in [0.15, 0.2) is 17.4 Å². The summed E-state index contributed by atoms with van der Waals surface area (Å²) in [5.74, 6) is -7.23. The van der Waals surface area contributed by atoms with Crippen LogP contribution in [0.25, 0.3) is 0 Å². The van der Waals surface area contributed by atoms with Crippen LogP contribution in [-0.4, -0.2) is 23.6 Å². The number of carbonyl (C=O) groups excluding carboxylic acids is 1. The molecule has 112 valence electrons. The Bertz CT molecular complexity index is 527. The molecule has 1 unspecified atom stereocenters. The van der Waals surface area contributed by atoms with E-state index in [2.05, 4.69) is 5.32 Å². The van der Waals surface area contributed by atoms with Gasteiger partial charge >= 0.3 is 0 Å². The summed E-state index contributed by atoms with van der Waals surface area (Å²) in [6.45, 7) is 5.52. The average Bonchev–Trinajstić information content (AvgIpc) is 2.35. The first-order valence-corrected chi connectivity index (χ1v) is 5.97. The van der Waals surface area contributed by atoms with Crippen LogP contribution in [0.15, 0.2) is 6.07 Å². The topological polar surface area (TPSA) is 75.3 Å². The van der Waals surface area contributed by atoms with Crippen molar-refractivity contribution in [3.63, 3.8) is 0 Å². The first-order chi connectivity index (χ1) is 9.09. The number of phenols is 1. The maximum atomic E-state index is 13.6. The molecule has 0 saturated heterocycles. The van der Waals surface area contributed by atoms with Crippen LogP contribution in [0.1, 0.15) is 31.1 Å². The highest BCUT2D eigenvalue weighted by Gasteiger charge is 2.28. The molecule has 4 N–H and O–H groups in total. The Hall–Kier alpha value is -1.76. The first kappa shape index (κ1) is 16.3. The summed E-state index contributed by atoms with van der Waals surface area (Å²) < 4.78 is 39.7. The number of benzene rings is 1. The van der Waals surface area contributed by atoms with Gasteiger partial charge in [0.2, 0.25) is 5.82 Å². The predicted octanol–water partition coefficient (Wildman–Crippen LogP) is 1.91. The normalized spacial score (nSPS) is 13.2. The lowest BCUT2D eigenvalue weighted by molar-refractivity contribution is 0.0899. The third-order valence-corrected chi connectivity index (χ3v) is 2.96. The molecule has 20 heavy (non-hydrogen) atoms. The third-order valence-electron chi connectivity index (χ3n) is 2.96. The number of nitrogens with two attached hydrogens (primary N) is 1. The van der Waals surface area contributed by atoms with Crippen molar-refractivity contribution in [1.29, 1.82) is 0 Å². The van der Waals surface area contributed by atoms with E-state index in [9.17, 15) is 18.0 Å². The van der Waals surface area contributed by atoms with Crippen LogP contribution in [0.2, 0.25) is 0 Å². The molecule has 0 fully saturated rings. The molecule has 0 spiro atoms. The van der Waals surface area contributed by atoms with Crippen LogP contribution in [0.5, 0.6) is 5.75 Å². The molecule has 1 aromatic carbocycles. The Morgan fingerprint density at radius 3 is 2.35 bits per heavy atom. The maximum absolute atomic E-state index is 13.6. The van der Waals surface area contributed by atoms with Gasteiger partial charge in [0.1, 0.15) is 0 Å². The molecule has 0 aromatic heterocycles. The standard InChI is InChI=1S/C13H17F3N2O2/c1-13(2,3)8(5-17)18-12(20)6-4-7(14)10(16)11(19)9(6)15/h4,8,19H,5,17H2,1-3H3,(H,18,20). The molecule has 1 amide bonds. The second-order valence-corrected chi connectivity index (χ2v) is 5.51. The molecule has 0 aliphatic rings. The van der Waals surface area contributed by atoms with E-state index in [1.807, 2.05) is 20.8 Å². The summed E-state index contributed by atoms with van der Waals surface area (Å²) in [5.41, 5.74) is 4.34. The molecule has 4 nitrogen and oxygen atoms in total. The van der Waals surface area contributed by atoms with Crippen molar-refractivity contribution < 1.29 is 23.1 Å². The predicted molar refractivity (Wildman–Crippen MR) is 67.7 cm³/mol. The lowest BCUT2D eigenvalue weighted by Gasteiger charge is -2.30. The molecule has 0 heterocycles. The summed E-state index contributed by atoms with van der Waals surface area (Å²) in [7, 11) is 0. The molecule has 0 aliphatic heterocycles. The Kier molecular flexibility index (Phi) is 4.65. The summed E-state index contributed by atoms with van der Waals surface area (Å²) in [6, 6.07) is -0.0969. The van der Waals surface area contributed by atoms with Gasteiger partial charge in [-0.25, -0.2) is 8.78 Å². The zero-order valence-electron chi connectivity index (χ0n) is 11.4. The summed E-state index contributed by atoms with van der Waals surface area (Å²) in [5, 5.41) is 11.5. The van der Waals surface area contributed by atoms with Gasteiger partial charge in [-0.2, -0.15) is 4.39 Å². The fourth-order valence-electron chi connectivity index (χ4n) is 1.62. The van der Waals surface area contributed by atoms with Gasteiger partial charge in [-0.05, 0) is 11.5 Å². The van der Waals surface area contributed by atoms with Crippen LogP contribution in [0.4, 0.5) is 13.2 Å². The summed E-state index contributed by atoms with van der Waals surface area (Å²) in [4.78, 5) is 11.9. The molecule has 1 atom stereocenters. The number of amides is 1. The molecule has 7 heteroatoms. The molecule has 1 aromatic rings. The average molecular weight is 290 g/mol. The second-order valence-electron chi connectivity index (χ2n) is 5.51. The molecular weight excluding hydrogens is 273 g/mol. The van der Waals surface area contributed by atoms with Gasteiger partial charge < -0.3 is 16.2 Å². The maximum Gasteiger partial charge on any atom is 0.254 e. The van der Waals surface area contributed by atoms with Gasteiger partial charge in [0, 0.05) is 12.6 Å². The fourth-order valence-corrected chi connectivity index (χ4v) is 1.62. The quantitative estimate of drug-likeness (QED) is 0.744. The van der Waals surface area contributed by atoms with Crippen molar-refractivity contribution in [2.24, 2.45) is 11.1 Å². The molecule has 1 rings (SSSR count). The highest BCUT2D eigenvalue weighted by atomic mass is 19.2. The summed E-state index contributed by atoms with van der Waals surface area (Å²) in [6.07, 6.45) is 0. The zero-order chi connectivity index (χ0) is 15.7. The van der Waals surface area contributed by atoms with Crippen LogP contribution in [-0.2, 0) is 0 Å². The number of aromatic hydroxyl groups is 1. The van der Waals surface area contributed by atoms with Crippen molar-refractivity contribution >= 4 is 5.91 Å². The Morgan fingerprint density at radius 1 is 1.35 bits per heavy atom. The van der Waals surface area contributed by atoms with E-state index in [0.29, 0.717) is 6.07 Å². The van der Waals surface area contributed by atoms with E-state index < -0.39 is 46.1 Å². The van der Waals surface area contributed by atoms with E-state index >= 15 is 0 Å². The van der Waals surface area contributed by atoms with Crippen molar-refractivity contribution in [2.75, 3.05) is 6.54 Å². The number of hydrogen-bond acceptors (Lipinski definition) is 3. The van der Waals surface area contributed by atoms with Crippen LogP contribution < -0.4 is 11.1 Å². The third kappa shape index (κ3) is 3.22. The Morgan fingerprint density at radius 2 is 1.90 bits per heavy atom. The molecule has 0 aliphatic carbocycles. The molecule has 0 saturated carbocycles. The van der Waals surface area contributed by atoms with E-state index in [1.54, 1.807) is 0 Å². The van der Waals surface area contributed by atoms with Gasteiger partial charge in [-0.15, -0.1) is 0 Å². The van der Waals surface area contributed by atoms with Gasteiger partial charge in [0.25, 0.3) is 5.91 Å². The SMILES string of the molecule is CC(C)(C)C(CN)NC(=O)c1cc(F)c(F)c(O)c1F. The minimum Gasteiger partial charge on any atom is -0.503 e. The number of phenolic OH excluding ortho intramolecular Hbond substituents is 1. The van der Waals surface area contributed by atoms with Crippen molar-refractivity contribution in [3.05, 3.63) is 29.1 Å². The van der Waals surface area contributed by atoms with E-state index in [-0.39, 0.29) is 6.54 Å². The number of halogens is 3. The zero-order valence-corrected chi connectivity index (χ0v) is 11.4. The van der Waals surface area contributed by atoms with E-state index in [4.69, 9.17) is 10.8 Å². The van der Waals surface area contributed by atoms with Crippen LogP contribution >= 0.6 is 0 Å². The second kappa shape index (κ2) is 5.70. The van der Waals surface area contributed by atoms with E-state index in [1.165, 1.54) is 0 Å². The number of rotatable bonds is 3. The summed E-state index contributed by atoms with van der Waals surface area (Å²) >= 11 is 0. The van der Waals surface area contributed by atoms with Crippen molar-refractivity contribution in [2.45, 2.75) is 26.8 Å². The lowest BCUT2D eigenvalue weighted by atomic mass is 9.86. The monoisotopic (exact) mass is 290 g/mol. The fraction of sp³-hybridized carbons (Fsp3) is 0.462. The van der Waals surface area contributed by atoms with Crippen LogP contribution in [0.3, 0.4) is 0 Å². The highest BCUT2D eigenvalue weighted by Crippen LogP contribution is 2.26. The Balaban J connectivity index is 3.11. The van der Waals surface area contributed by atoms with Gasteiger partial charge in [0.05, 0.1) is 5.56 Å². The number of hydrogen-bond donors (Lipinski definition) is 3. The van der Waals surface area contributed by atoms with Gasteiger partial charge in [-0.3, -0.25) is 4.79 Å². The van der Waals surface area contributed by atoms with Crippen molar-refractivity contribution in [1.82, 2.24) is 5.32 Å². The van der Waals surface area contributed by atoms with E-state index in [0.717, 1.165) is 0 Å². The number of carbonyl (C=O) groups is 1. The molecule has 0 bridgehead atoms. The highest BCUT2D eigenvalue weighted by molar-refractivity contribution is 5.95. The molecule has 0 radical (unpaired) electrons. The first-order valence-electron chi connectivity index (χ1n) is 5.97. The Labute approximate surface area is 114 Å². The largest absolute Gasteiger partial charge is 0.503 e. The minimum absolute atomic E-state index is 0.0898. The van der Waals surface area contributed by atoms with Crippen LogP contribution in [0, 0.1) is 22.9 Å². The number of nitrogens with one attached hydrogen (secondary N) is 1. The lowest BCUT2D eigenvalue weighted by Crippen LogP contribution is -2.48. The van der Waals surface area contributed by atoms with Crippen molar-refractivity contribution in [3.8, 4) is 5.75 Å². The minimum atomic E-state index is -1.73. The van der Waals surface area contributed by atoms with Gasteiger partial charge in [-0.1, -0.05) is 20.8 Å². The molecular formula is C13H17F3N2O2.